The molecule has 19 heavy (non-hydrogen) atoms. The van der Waals surface area contributed by atoms with Gasteiger partial charge in [0.1, 0.15) is 0 Å². The number of hydrogen-bond donors (Lipinski definition) is 0. The van der Waals surface area contributed by atoms with Gasteiger partial charge in [-0.05, 0) is 0 Å². The summed E-state index contributed by atoms with van der Waals surface area (Å²) in [6.45, 7) is 9.12. The molecule has 0 fully saturated rings. The molecule has 0 nitrogen and oxygen atoms in total. The molecule has 0 saturated heterocycles. The molecule has 0 rings (SSSR count). The van der Waals surface area contributed by atoms with Crippen molar-refractivity contribution < 1.29 is 0 Å². The summed E-state index contributed by atoms with van der Waals surface area (Å²) in [6, 6.07) is 0. The number of halogens is 2. The molecule has 0 aromatic heterocycles. The van der Waals surface area contributed by atoms with Crippen LogP contribution in [0.15, 0.2) is 0 Å². The molecule has 0 aliphatic carbocycles. The third-order valence-corrected chi connectivity index (χ3v) is 15.1. The monoisotopic (exact) mass is 416 g/mol. The summed E-state index contributed by atoms with van der Waals surface area (Å²) in [6.07, 6.45) is 10.4. The van der Waals surface area contributed by atoms with Crippen LogP contribution in [-0.4, -0.2) is 16.1 Å². The van der Waals surface area contributed by atoms with Crippen LogP contribution >= 0.6 is 17.8 Å². The molecule has 2 unspecified atom stereocenters. The fourth-order valence-electron chi connectivity index (χ4n) is 2.81. The maximum atomic E-state index is 6.82. The average Bonchev–Trinajstić information content (AvgIpc) is 2.39. The second-order valence-electron chi connectivity index (χ2n) is 6.10. The van der Waals surface area contributed by atoms with E-state index in [1.54, 1.807) is 0 Å². The second kappa shape index (κ2) is 12.0. The topological polar surface area (TPSA) is 0 Å². The van der Waals surface area contributed by atoms with Crippen molar-refractivity contribution in [3.8, 4) is 0 Å². The SMILES string of the molecule is CCCCC(CC)[CH2][Sn]([Cl])([Cl])[CH2]C(CC)CCCC. The Bertz CT molecular complexity index is 187. The van der Waals surface area contributed by atoms with E-state index in [0.717, 1.165) is 11.8 Å². The van der Waals surface area contributed by atoms with E-state index >= 15 is 0 Å². The van der Waals surface area contributed by atoms with E-state index in [1.165, 1.54) is 60.2 Å². The summed E-state index contributed by atoms with van der Waals surface area (Å²) in [5.41, 5.74) is 0. The molecule has 0 aromatic carbocycles. The van der Waals surface area contributed by atoms with E-state index < -0.39 is 16.1 Å². The molecule has 3 heteroatoms. The molecular formula is C16H34Cl2Sn. The Morgan fingerprint density at radius 2 is 1.11 bits per heavy atom. The summed E-state index contributed by atoms with van der Waals surface area (Å²) in [5.74, 6) is 1.57. The molecule has 0 aromatic rings. The van der Waals surface area contributed by atoms with Crippen molar-refractivity contribution in [2.75, 3.05) is 0 Å². The molecule has 0 heterocycles. The van der Waals surface area contributed by atoms with Crippen molar-refractivity contribution in [2.45, 2.75) is 87.9 Å². The van der Waals surface area contributed by atoms with Gasteiger partial charge in [-0.2, -0.15) is 0 Å². The van der Waals surface area contributed by atoms with Gasteiger partial charge in [-0.25, -0.2) is 0 Å². The zero-order valence-electron chi connectivity index (χ0n) is 13.5. The molecule has 116 valence electrons. The van der Waals surface area contributed by atoms with Crippen LogP contribution in [0.25, 0.3) is 0 Å². The van der Waals surface area contributed by atoms with Gasteiger partial charge in [-0.15, -0.1) is 0 Å². The van der Waals surface area contributed by atoms with Crippen LogP contribution in [0, 0.1) is 11.8 Å². The van der Waals surface area contributed by atoms with Crippen LogP contribution in [0.5, 0.6) is 0 Å². The molecule has 0 spiro atoms. The molecule has 0 aliphatic heterocycles. The molecule has 0 aliphatic rings. The Kier molecular flexibility index (Phi) is 12.8. The van der Waals surface area contributed by atoms with Crippen molar-refractivity contribution in [2.24, 2.45) is 11.8 Å². The van der Waals surface area contributed by atoms with Crippen molar-refractivity contribution in [1.29, 1.82) is 0 Å². The van der Waals surface area contributed by atoms with Gasteiger partial charge in [0.25, 0.3) is 0 Å². The van der Waals surface area contributed by atoms with E-state index in [2.05, 4.69) is 27.7 Å². The molecule has 0 N–H and O–H groups in total. The summed E-state index contributed by atoms with van der Waals surface area (Å²) in [4.78, 5) is 0. The molecule has 2 atom stereocenters. The predicted molar refractivity (Wildman–Crippen MR) is 93.7 cm³/mol. The van der Waals surface area contributed by atoms with Gasteiger partial charge in [0.15, 0.2) is 0 Å². The summed E-state index contributed by atoms with van der Waals surface area (Å²) in [5, 5.41) is 0. The minimum absolute atomic E-state index is 0.787. The Morgan fingerprint density at radius 3 is 1.37 bits per heavy atom. The molecule has 0 amide bonds. The van der Waals surface area contributed by atoms with Gasteiger partial charge in [0.2, 0.25) is 0 Å². The quantitative estimate of drug-likeness (QED) is 0.292. The third kappa shape index (κ3) is 10.7. The fraction of sp³-hybridized carbons (Fsp3) is 1.00. The molecule has 0 saturated carbocycles. The minimum atomic E-state index is -2.80. The zero-order valence-corrected chi connectivity index (χ0v) is 17.8. The standard InChI is InChI=1S/2C8H17.2ClH.Sn/c2*1-4-6-7-8(3)5-2;;;/h2*8H,3-7H2,1-2H3;2*1H;/q;;;;+2/p-2. The van der Waals surface area contributed by atoms with Crippen LogP contribution < -0.4 is 0 Å². The van der Waals surface area contributed by atoms with Crippen LogP contribution in [-0.2, 0) is 0 Å². The van der Waals surface area contributed by atoms with Gasteiger partial charge in [-0.1, -0.05) is 0 Å². The normalized spacial score (nSPS) is 15.5. The van der Waals surface area contributed by atoms with Crippen molar-refractivity contribution >= 4 is 34.0 Å². The van der Waals surface area contributed by atoms with Crippen molar-refractivity contribution in [3.05, 3.63) is 0 Å². The van der Waals surface area contributed by atoms with E-state index in [-0.39, 0.29) is 0 Å². The van der Waals surface area contributed by atoms with Crippen LogP contribution in [0.3, 0.4) is 0 Å². The van der Waals surface area contributed by atoms with E-state index in [4.69, 9.17) is 17.8 Å². The van der Waals surface area contributed by atoms with E-state index in [0.29, 0.717) is 0 Å². The fourth-order valence-corrected chi connectivity index (χ4v) is 16.8. The first-order chi connectivity index (χ1) is 8.99. The van der Waals surface area contributed by atoms with Gasteiger partial charge < -0.3 is 0 Å². The van der Waals surface area contributed by atoms with Crippen LogP contribution in [0.1, 0.15) is 79.1 Å². The van der Waals surface area contributed by atoms with Crippen molar-refractivity contribution in [1.82, 2.24) is 0 Å². The third-order valence-electron chi connectivity index (χ3n) is 4.26. The van der Waals surface area contributed by atoms with Gasteiger partial charge in [-0.3, -0.25) is 0 Å². The van der Waals surface area contributed by atoms with Gasteiger partial charge in [0, 0.05) is 0 Å². The average molecular weight is 416 g/mol. The Morgan fingerprint density at radius 1 is 0.737 bits per heavy atom. The number of unbranched alkanes of at least 4 members (excludes halogenated alkanes) is 2. The Balaban J connectivity index is 4.24. The summed E-state index contributed by atoms with van der Waals surface area (Å²) in [7, 11) is 13.6. The maximum absolute atomic E-state index is 6.82. The van der Waals surface area contributed by atoms with Gasteiger partial charge in [0.05, 0.1) is 0 Å². The van der Waals surface area contributed by atoms with Crippen molar-refractivity contribution in [3.63, 3.8) is 0 Å². The summed E-state index contributed by atoms with van der Waals surface area (Å²) >= 11 is -2.80. The zero-order chi connectivity index (χ0) is 14.7. The van der Waals surface area contributed by atoms with Crippen LogP contribution in [0.2, 0.25) is 8.87 Å². The van der Waals surface area contributed by atoms with E-state index in [9.17, 15) is 0 Å². The summed E-state index contributed by atoms with van der Waals surface area (Å²) < 4.78 is 2.35. The van der Waals surface area contributed by atoms with Gasteiger partial charge >= 0.3 is 134 Å². The first-order valence-corrected chi connectivity index (χ1v) is 19.6. The number of rotatable bonds is 12. The molecule has 0 radical (unpaired) electrons. The Labute approximate surface area is 133 Å². The number of hydrogen-bond acceptors (Lipinski definition) is 0. The predicted octanol–water partition coefficient (Wildman–Crippen LogP) is 7.34. The Hall–Kier alpha value is 1.38. The first-order valence-electron chi connectivity index (χ1n) is 8.36. The first kappa shape index (κ1) is 20.4. The van der Waals surface area contributed by atoms with Crippen LogP contribution in [0.4, 0.5) is 0 Å². The molecule has 0 bridgehead atoms. The molecular weight excluding hydrogens is 382 g/mol. The second-order valence-corrected chi connectivity index (χ2v) is 24.3. The van der Waals surface area contributed by atoms with E-state index in [1.807, 2.05) is 0 Å².